The van der Waals surface area contributed by atoms with Gasteiger partial charge in [0, 0.05) is 23.5 Å². The molecule has 0 saturated heterocycles. The van der Waals surface area contributed by atoms with Crippen LogP contribution in [0.25, 0.3) is 0 Å². The SMILES string of the molecule is CSCc1nnc(SCC(=O)c2cc(C)n(Cc3ccccc3)c2C)o1. The summed E-state index contributed by atoms with van der Waals surface area (Å²) in [4.78, 5) is 12.7. The van der Waals surface area contributed by atoms with Crippen LogP contribution in [0.4, 0.5) is 0 Å². The molecular weight excluding hydrogens is 366 g/mol. The molecule has 26 heavy (non-hydrogen) atoms. The molecule has 0 aliphatic rings. The average molecular weight is 388 g/mol. The van der Waals surface area contributed by atoms with E-state index < -0.39 is 0 Å². The first-order chi connectivity index (χ1) is 12.6. The molecule has 0 radical (unpaired) electrons. The maximum absolute atomic E-state index is 12.7. The number of hydrogen-bond acceptors (Lipinski definition) is 6. The van der Waals surface area contributed by atoms with Crippen molar-refractivity contribution >= 4 is 29.3 Å². The van der Waals surface area contributed by atoms with E-state index in [0.717, 1.165) is 23.5 Å². The molecule has 0 bridgehead atoms. The highest BCUT2D eigenvalue weighted by Crippen LogP contribution is 2.22. The highest BCUT2D eigenvalue weighted by molar-refractivity contribution is 7.99. The molecule has 0 fully saturated rings. The van der Waals surface area contributed by atoms with Crippen molar-refractivity contribution < 1.29 is 9.21 Å². The highest BCUT2D eigenvalue weighted by atomic mass is 32.2. The molecule has 0 saturated carbocycles. The van der Waals surface area contributed by atoms with E-state index in [2.05, 4.69) is 26.9 Å². The van der Waals surface area contributed by atoms with Crippen molar-refractivity contribution in [2.75, 3.05) is 12.0 Å². The number of Topliss-reactive ketones (excluding diaryl/α,β-unsaturated/α-hetero) is 1. The monoisotopic (exact) mass is 387 g/mol. The van der Waals surface area contributed by atoms with E-state index in [-0.39, 0.29) is 11.5 Å². The van der Waals surface area contributed by atoms with Gasteiger partial charge in [0.1, 0.15) is 0 Å². The molecule has 0 spiro atoms. The zero-order chi connectivity index (χ0) is 18.5. The van der Waals surface area contributed by atoms with E-state index in [1.54, 1.807) is 11.8 Å². The Morgan fingerprint density at radius 3 is 2.69 bits per heavy atom. The van der Waals surface area contributed by atoms with Crippen molar-refractivity contribution in [3.63, 3.8) is 0 Å². The Balaban J connectivity index is 1.68. The minimum absolute atomic E-state index is 0.0760. The predicted octanol–water partition coefficient (Wildman–Crippen LogP) is 4.37. The molecule has 3 aromatic rings. The lowest BCUT2D eigenvalue weighted by atomic mass is 10.2. The van der Waals surface area contributed by atoms with E-state index in [4.69, 9.17) is 4.42 Å². The quantitative estimate of drug-likeness (QED) is 0.422. The molecule has 0 amide bonds. The summed E-state index contributed by atoms with van der Waals surface area (Å²) < 4.78 is 7.69. The van der Waals surface area contributed by atoms with Crippen LogP contribution in [0.3, 0.4) is 0 Å². The Bertz CT molecular complexity index is 888. The van der Waals surface area contributed by atoms with Gasteiger partial charge in [-0.05, 0) is 31.7 Å². The minimum Gasteiger partial charge on any atom is -0.415 e. The summed E-state index contributed by atoms with van der Waals surface area (Å²) in [7, 11) is 0. The van der Waals surface area contributed by atoms with Crippen LogP contribution in [0.5, 0.6) is 0 Å². The third kappa shape index (κ3) is 4.40. The number of rotatable bonds is 8. The van der Waals surface area contributed by atoms with Crippen molar-refractivity contribution in [1.82, 2.24) is 14.8 Å². The lowest BCUT2D eigenvalue weighted by molar-refractivity contribution is 0.102. The third-order valence-corrected chi connectivity index (χ3v) is 5.45. The van der Waals surface area contributed by atoms with Gasteiger partial charge in [0.15, 0.2) is 5.78 Å². The van der Waals surface area contributed by atoms with Crippen LogP contribution in [-0.4, -0.2) is 32.6 Å². The van der Waals surface area contributed by atoms with E-state index in [0.29, 0.717) is 16.9 Å². The van der Waals surface area contributed by atoms with Crippen LogP contribution in [0.2, 0.25) is 0 Å². The Morgan fingerprint density at radius 2 is 1.96 bits per heavy atom. The van der Waals surface area contributed by atoms with Crippen LogP contribution in [-0.2, 0) is 12.3 Å². The second kappa shape index (κ2) is 8.60. The van der Waals surface area contributed by atoms with E-state index in [1.165, 1.54) is 17.3 Å². The number of nitrogens with zero attached hydrogens (tertiary/aromatic N) is 3. The number of thioether (sulfide) groups is 2. The van der Waals surface area contributed by atoms with Gasteiger partial charge in [-0.25, -0.2) is 0 Å². The summed E-state index contributed by atoms with van der Waals surface area (Å²) in [6.07, 6.45) is 1.98. The van der Waals surface area contributed by atoms with E-state index in [1.807, 2.05) is 44.4 Å². The number of benzene rings is 1. The number of aromatic nitrogens is 3. The molecule has 0 aliphatic carbocycles. The molecule has 0 aliphatic heterocycles. The van der Waals surface area contributed by atoms with Crippen LogP contribution in [0.15, 0.2) is 46.0 Å². The van der Waals surface area contributed by atoms with Gasteiger partial charge in [0.25, 0.3) is 5.22 Å². The van der Waals surface area contributed by atoms with Crippen molar-refractivity contribution in [3.05, 3.63) is 64.8 Å². The van der Waals surface area contributed by atoms with Gasteiger partial charge < -0.3 is 8.98 Å². The van der Waals surface area contributed by atoms with Crippen LogP contribution < -0.4 is 0 Å². The second-order valence-corrected chi connectivity index (χ2v) is 7.76. The highest BCUT2D eigenvalue weighted by Gasteiger charge is 2.17. The van der Waals surface area contributed by atoms with Crippen molar-refractivity contribution in [2.45, 2.75) is 31.4 Å². The smallest absolute Gasteiger partial charge is 0.277 e. The summed E-state index contributed by atoms with van der Waals surface area (Å²) in [6.45, 7) is 4.80. The summed E-state index contributed by atoms with van der Waals surface area (Å²) in [5.41, 5.74) is 4.05. The Kier molecular flexibility index (Phi) is 6.21. The number of aryl methyl sites for hydroxylation is 1. The van der Waals surface area contributed by atoms with E-state index >= 15 is 0 Å². The Labute approximate surface area is 161 Å². The molecule has 0 N–H and O–H groups in total. The molecule has 2 heterocycles. The van der Waals surface area contributed by atoms with Gasteiger partial charge in [0.2, 0.25) is 5.89 Å². The molecule has 5 nitrogen and oxygen atoms in total. The van der Waals surface area contributed by atoms with Gasteiger partial charge in [-0.1, -0.05) is 42.1 Å². The molecule has 1 aromatic carbocycles. The molecular formula is C19H21N3O2S2. The van der Waals surface area contributed by atoms with Gasteiger partial charge >= 0.3 is 0 Å². The molecule has 3 rings (SSSR count). The summed E-state index contributed by atoms with van der Waals surface area (Å²) in [5.74, 6) is 1.64. The number of carbonyl (C=O) groups excluding carboxylic acids is 1. The summed E-state index contributed by atoms with van der Waals surface area (Å²) in [5, 5.41) is 8.39. The molecule has 2 aromatic heterocycles. The zero-order valence-corrected chi connectivity index (χ0v) is 16.7. The lowest BCUT2D eigenvalue weighted by Crippen LogP contribution is -2.07. The first kappa shape index (κ1) is 18.8. The lowest BCUT2D eigenvalue weighted by Gasteiger charge is -2.09. The van der Waals surface area contributed by atoms with E-state index in [9.17, 15) is 4.79 Å². The normalized spacial score (nSPS) is 11.0. The molecule has 136 valence electrons. The predicted molar refractivity (Wildman–Crippen MR) is 106 cm³/mol. The summed E-state index contributed by atoms with van der Waals surface area (Å²) in [6, 6.07) is 12.2. The number of carbonyl (C=O) groups is 1. The molecule has 7 heteroatoms. The first-order valence-corrected chi connectivity index (χ1v) is 10.6. The maximum Gasteiger partial charge on any atom is 0.277 e. The minimum atomic E-state index is 0.0760. The van der Waals surface area contributed by atoms with Crippen molar-refractivity contribution in [2.24, 2.45) is 0 Å². The van der Waals surface area contributed by atoms with Gasteiger partial charge in [0.05, 0.1) is 11.5 Å². The average Bonchev–Trinajstić information content (AvgIpc) is 3.20. The van der Waals surface area contributed by atoms with Gasteiger partial charge in [-0.3, -0.25) is 4.79 Å². The number of hydrogen-bond donors (Lipinski definition) is 0. The first-order valence-electron chi connectivity index (χ1n) is 8.26. The second-order valence-electron chi connectivity index (χ2n) is 5.96. The van der Waals surface area contributed by atoms with Gasteiger partial charge in [-0.2, -0.15) is 11.8 Å². The maximum atomic E-state index is 12.7. The molecule has 0 unspecified atom stereocenters. The summed E-state index contributed by atoms with van der Waals surface area (Å²) >= 11 is 2.91. The fraction of sp³-hybridized carbons (Fsp3) is 0.316. The van der Waals surface area contributed by atoms with Crippen molar-refractivity contribution in [1.29, 1.82) is 0 Å². The third-order valence-electron chi connectivity index (χ3n) is 4.10. The molecule has 0 atom stereocenters. The fourth-order valence-corrected chi connectivity index (χ4v) is 3.80. The fourth-order valence-electron chi connectivity index (χ4n) is 2.78. The standard InChI is InChI=1S/C19H21N3O2S2/c1-13-9-16(14(2)22(13)10-15-7-5-4-6-8-15)17(23)11-26-19-21-20-18(24-19)12-25-3/h4-9H,10-12H2,1-3H3. The largest absolute Gasteiger partial charge is 0.415 e. The van der Waals surface area contributed by atoms with Crippen LogP contribution in [0.1, 0.15) is 33.2 Å². The number of ketones is 1. The van der Waals surface area contributed by atoms with Crippen LogP contribution in [0, 0.1) is 13.8 Å². The van der Waals surface area contributed by atoms with Crippen LogP contribution >= 0.6 is 23.5 Å². The Morgan fingerprint density at radius 1 is 1.19 bits per heavy atom. The van der Waals surface area contributed by atoms with Crippen molar-refractivity contribution in [3.8, 4) is 0 Å². The Hall–Kier alpha value is -1.99. The van der Waals surface area contributed by atoms with Gasteiger partial charge in [-0.15, -0.1) is 10.2 Å². The zero-order valence-electron chi connectivity index (χ0n) is 15.1. The topological polar surface area (TPSA) is 60.9 Å².